The van der Waals surface area contributed by atoms with Gasteiger partial charge in [0.15, 0.2) is 5.17 Å². The number of amidine groups is 1. The Morgan fingerprint density at radius 1 is 1.16 bits per heavy atom. The van der Waals surface area contributed by atoms with E-state index >= 15 is 0 Å². The van der Waals surface area contributed by atoms with Gasteiger partial charge < -0.3 is 10.4 Å². The molecule has 1 heterocycles. The zero-order valence-corrected chi connectivity index (χ0v) is 14.8. The van der Waals surface area contributed by atoms with Crippen LogP contribution in [-0.4, -0.2) is 22.2 Å². The lowest BCUT2D eigenvalue weighted by Gasteiger charge is -2.00. The molecule has 2 aromatic carbocycles. The fourth-order valence-corrected chi connectivity index (χ4v) is 3.21. The first kappa shape index (κ1) is 17.5. The van der Waals surface area contributed by atoms with Gasteiger partial charge in [-0.3, -0.25) is 4.79 Å². The van der Waals surface area contributed by atoms with E-state index in [0.29, 0.717) is 31.4 Å². The first-order valence-corrected chi connectivity index (χ1v) is 8.58. The standard InChI is InChI=1S/C17H10Cl2N2O3S/c18-11-2-1-3-12(14(11)19)20-17-21-15(22)13(25-17)8-9-4-6-10(7-5-9)16(23)24/h1-8H,(H,23,24)(H,20,21,22)/b13-8-. The lowest BCUT2D eigenvalue weighted by atomic mass is 10.1. The molecule has 3 rings (SSSR count). The maximum Gasteiger partial charge on any atom is 0.335 e. The van der Waals surface area contributed by atoms with E-state index in [1.807, 2.05) is 0 Å². The summed E-state index contributed by atoms with van der Waals surface area (Å²) in [4.78, 5) is 27.7. The minimum Gasteiger partial charge on any atom is -0.478 e. The lowest BCUT2D eigenvalue weighted by Crippen LogP contribution is -2.19. The smallest absolute Gasteiger partial charge is 0.335 e. The maximum atomic E-state index is 12.1. The van der Waals surface area contributed by atoms with E-state index in [0.717, 1.165) is 0 Å². The molecule has 0 aliphatic carbocycles. The Morgan fingerprint density at radius 2 is 1.88 bits per heavy atom. The maximum absolute atomic E-state index is 12.1. The summed E-state index contributed by atoms with van der Waals surface area (Å²) >= 11 is 13.2. The van der Waals surface area contributed by atoms with Crippen LogP contribution in [0.5, 0.6) is 0 Å². The fraction of sp³-hybridized carbons (Fsp3) is 0. The number of nitrogens with one attached hydrogen (secondary N) is 1. The number of rotatable bonds is 3. The molecule has 1 fully saturated rings. The average Bonchev–Trinajstić information content (AvgIpc) is 2.92. The number of halogens is 2. The van der Waals surface area contributed by atoms with Gasteiger partial charge in [-0.25, -0.2) is 9.79 Å². The van der Waals surface area contributed by atoms with Crippen LogP contribution in [0.1, 0.15) is 15.9 Å². The number of aliphatic imine (C=N–C) groups is 1. The zero-order chi connectivity index (χ0) is 18.0. The highest BCUT2D eigenvalue weighted by Crippen LogP contribution is 2.34. The normalized spacial score (nSPS) is 17.1. The van der Waals surface area contributed by atoms with E-state index < -0.39 is 5.97 Å². The first-order valence-electron chi connectivity index (χ1n) is 7.01. The third-order valence-corrected chi connectivity index (χ3v) is 4.98. The minimum atomic E-state index is -1.000. The van der Waals surface area contributed by atoms with Gasteiger partial charge in [-0.2, -0.15) is 0 Å². The van der Waals surface area contributed by atoms with Crippen molar-refractivity contribution in [3.05, 3.63) is 68.5 Å². The molecule has 0 radical (unpaired) electrons. The second kappa shape index (κ2) is 7.31. The highest BCUT2D eigenvalue weighted by molar-refractivity contribution is 8.18. The Hall–Kier alpha value is -2.28. The summed E-state index contributed by atoms with van der Waals surface area (Å²) in [5.41, 5.74) is 1.36. The van der Waals surface area contributed by atoms with Crippen molar-refractivity contribution in [2.45, 2.75) is 0 Å². The number of benzene rings is 2. The number of carboxylic acid groups (broad SMARTS) is 1. The number of carbonyl (C=O) groups is 2. The summed E-state index contributed by atoms with van der Waals surface area (Å²) < 4.78 is 0. The molecule has 5 nitrogen and oxygen atoms in total. The van der Waals surface area contributed by atoms with Crippen molar-refractivity contribution in [3.8, 4) is 0 Å². The third-order valence-electron chi connectivity index (χ3n) is 3.26. The first-order chi connectivity index (χ1) is 11.9. The Balaban J connectivity index is 1.83. The third kappa shape index (κ3) is 4.04. The van der Waals surface area contributed by atoms with Gasteiger partial charge in [-0.15, -0.1) is 0 Å². The van der Waals surface area contributed by atoms with Crippen molar-refractivity contribution < 1.29 is 14.7 Å². The zero-order valence-electron chi connectivity index (χ0n) is 12.5. The van der Waals surface area contributed by atoms with E-state index in [1.54, 1.807) is 36.4 Å². The number of aromatic carboxylic acids is 1. The molecule has 25 heavy (non-hydrogen) atoms. The second-order valence-corrected chi connectivity index (χ2v) is 6.80. The van der Waals surface area contributed by atoms with Crippen LogP contribution in [0.15, 0.2) is 52.4 Å². The number of hydrogen-bond donors (Lipinski definition) is 2. The van der Waals surface area contributed by atoms with Crippen molar-refractivity contribution in [2.75, 3.05) is 0 Å². The predicted octanol–water partition coefficient (Wildman–Crippen LogP) is 4.58. The molecule has 0 aromatic heterocycles. The van der Waals surface area contributed by atoms with E-state index in [-0.39, 0.29) is 11.5 Å². The van der Waals surface area contributed by atoms with Crippen molar-refractivity contribution in [2.24, 2.45) is 4.99 Å². The molecule has 1 aliphatic heterocycles. The molecule has 1 saturated heterocycles. The van der Waals surface area contributed by atoms with Gasteiger partial charge in [0, 0.05) is 0 Å². The number of carboxylic acids is 1. The quantitative estimate of drug-likeness (QED) is 0.748. The van der Waals surface area contributed by atoms with Crippen LogP contribution in [0.25, 0.3) is 6.08 Å². The number of amides is 1. The van der Waals surface area contributed by atoms with E-state index in [9.17, 15) is 9.59 Å². The molecule has 0 atom stereocenters. The summed E-state index contributed by atoms with van der Waals surface area (Å²) in [5, 5.41) is 12.6. The summed E-state index contributed by atoms with van der Waals surface area (Å²) in [6.07, 6.45) is 1.66. The summed E-state index contributed by atoms with van der Waals surface area (Å²) in [5.74, 6) is -1.29. The van der Waals surface area contributed by atoms with Gasteiger partial charge in [-0.1, -0.05) is 41.4 Å². The second-order valence-electron chi connectivity index (χ2n) is 4.98. The van der Waals surface area contributed by atoms with Crippen LogP contribution >= 0.6 is 35.0 Å². The van der Waals surface area contributed by atoms with E-state index in [1.165, 1.54) is 23.9 Å². The minimum absolute atomic E-state index is 0.184. The van der Waals surface area contributed by atoms with Crippen LogP contribution in [0.4, 0.5) is 5.69 Å². The SMILES string of the molecule is O=C1NC(=Nc2cccc(Cl)c2Cl)S/C1=C\c1ccc(C(=O)O)cc1. The number of carbonyl (C=O) groups excluding carboxylic acids is 1. The summed E-state index contributed by atoms with van der Waals surface area (Å²) in [6.45, 7) is 0. The predicted molar refractivity (Wildman–Crippen MR) is 101 cm³/mol. The topological polar surface area (TPSA) is 78.8 Å². The average molecular weight is 393 g/mol. The van der Waals surface area contributed by atoms with Gasteiger partial charge in [0.05, 0.1) is 26.2 Å². The Bertz CT molecular complexity index is 924. The van der Waals surface area contributed by atoms with Crippen LogP contribution in [0.3, 0.4) is 0 Å². The largest absolute Gasteiger partial charge is 0.478 e. The molecule has 8 heteroatoms. The van der Waals surface area contributed by atoms with E-state index in [4.69, 9.17) is 28.3 Å². The van der Waals surface area contributed by atoms with Crippen molar-refractivity contribution in [3.63, 3.8) is 0 Å². The van der Waals surface area contributed by atoms with Crippen molar-refractivity contribution in [1.29, 1.82) is 0 Å². The molecular formula is C17H10Cl2N2O3S. The molecule has 1 amide bonds. The van der Waals surface area contributed by atoms with Gasteiger partial charge >= 0.3 is 5.97 Å². The van der Waals surface area contributed by atoms with Crippen LogP contribution < -0.4 is 5.32 Å². The van der Waals surface area contributed by atoms with Gasteiger partial charge in [0.1, 0.15) is 0 Å². The summed E-state index contributed by atoms with van der Waals surface area (Å²) in [6, 6.07) is 11.3. The summed E-state index contributed by atoms with van der Waals surface area (Å²) in [7, 11) is 0. The number of thioether (sulfide) groups is 1. The van der Waals surface area contributed by atoms with Gasteiger partial charge in [0.2, 0.25) is 0 Å². The van der Waals surface area contributed by atoms with Crippen LogP contribution in [0.2, 0.25) is 10.0 Å². The molecule has 1 aliphatic rings. The van der Waals surface area contributed by atoms with Gasteiger partial charge in [0.25, 0.3) is 5.91 Å². The van der Waals surface area contributed by atoms with Crippen LogP contribution in [-0.2, 0) is 4.79 Å². The van der Waals surface area contributed by atoms with Crippen LogP contribution in [0, 0.1) is 0 Å². The molecule has 126 valence electrons. The molecular weight excluding hydrogens is 383 g/mol. The molecule has 0 spiro atoms. The Labute approximate surface area is 157 Å². The Morgan fingerprint density at radius 3 is 2.56 bits per heavy atom. The molecule has 0 bridgehead atoms. The number of hydrogen-bond acceptors (Lipinski definition) is 4. The Kier molecular flexibility index (Phi) is 5.13. The number of nitrogens with zero attached hydrogens (tertiary/aromatic N) is 1. The monoisotopic (exact) mass is 392 g/mol. The van der Waals surface area contributed by atoms with Crippen molar-refractivity contribution >= 4 is 63.8 Å². The highest BCUT2D eigenvalue weighted by atomic mass is 35.5. The fourth-order valence-electron chi connectivity index (χ4n) is 2.04. The van der Waals surface area contributed by atoms with E-state index in [2.05, 4.69) is 10.3 Å². The lowest BCUT2D eigenvalue weighted by molar-refractivity contribution is -0.115. The highest BCUT2D eigenvalue weighted by Gasteiger charge is 2.24. The molecule has 2 N–H and O–H groups in total. The molecule has 0 unspecified atom stereocenters. The van der Waals surface area contributed by atoms with Gasteiger partial charge in [-0.05, 0) is 47.7 Å². The molecule has 2 aromatic rings. The molecule has 0 saturated carbocycles. The van der Waals surface area contributed by atoms with Crippen molar-refractivity contribution in [1.82, 2.24) is 5.32 Å².